The second kappa shape index (κ2) is 8.45. The van der Waals surface area contributed by atoms with Gasteiger partial charge in [0.15, 0.2) is 0 Å². The van der Waals surface area contributed by atoms with Gasteiger partial charge in [-0.2, -0.15) is 5.10 Å². The fraction of sp³-hybridized carbons (Fsp3) is 0.600. The Hall–Kier alpha value is -1.18. The maximum absolute atomic E-state index is 12.3. The predicted octanol–water partition coefficient (Wildman–Crippen LogP) is 5.06. The van der Waals surface area contributed by atoms with Crippen LogP contribution in [-0.4, -0.2) is 29.0 Å². The molecule has 0 aliphatic heterocycles. The van der Waals surface area contributed by atoms with Gasteiger partial charge in [0.2, 0.25) is 0 Å². The third kappa shape index (κ3) is 5.00. The van der Waals surface area contributed by atoms with Crippen LogP contribution in [0.1, 0.15) is 36.5 Å². The number of halogens is 1. The summed E-state index contributed by atoms with van der Waals surface area (Å²) in [6.07, 6.45) is 1.92. The summed E-state index contributed by atoms with van der Waals surface area (Å²) in [6.45, 7) is 16.4. The van der Waals surface area contributed by atoms with Gasteiger partial charge in [0.05, 0.1) is 5.69 Å². The monoisotopic (exact) mass is 453 g/mol. The largest absolute Gasteiger partial charge is 0.360 e. The number of aromatic nitrogens is 3. The van der Waals surface area contributed by atoms with E-state index in [0.29, 0.717) is 12.6 Å². The van der Waals surface area contributed by atoms with Crippen molar-refractivity contribution in [2.75, 3.05) is 6.61 Å². The summed E-state index contributed by atoms with van der Waals surface area (Å²) in [5, 5.41) is 4.70. The summed E-state index contributed by atoms with van der Waals surface area (Å²) in [5.74, 6) is 0.294. The molecule has 27 heavy (non-hydrogen) atoms. The molecule has 0 saturated carbocycles. The predicted molar refractivity (Wildman–Crippen MR) is 118 cm³/mol. The van der Waals surface area contributed by atoms with Crippen LogP contribution in [0.5, 0.6) is 0 Å². The van der Waals surface area contributed by atoms with Crippen molar-refractivity contribution >= 4 is 24.0 Å². The van der Waals surface area contributed by atoms with E-state index in [4.69, 9.17) is 9.84 Å². The second-order valence-corrected chi connectivity index (χ2v) is 15.1. The average molecular weight is 454 g/mol. The van der Waals surface area contributed by atoms with Crippen molar-refractivity contribution in [2.24, 2.45) is 7.05 Å². The summed E-state index contributed by atoms with van der Waals surface area (Å²) < 4.78 is 10.4. The molecule has 0 spiro atoms. The topological polar surface area (TPSA) is 49.0 Å². The Balaban J connectivity index is 2.50. The minimum absolute atomic E-state index is 0.0406. The molecule has 2 rings (SSSR count). The molecule has 7 heteroatoms. The highest BCUT2D eigenvalue weighted by Gasteiger charge is 2.23. The molecule has 0 fully saturated rings. The Morgan fingerprint density at radius 3 is 2.41 bits per heavy atom. The fourth-order valence-electron chi connectivity index (χ4n) is 3.08. The van der Waals surface area contributed by atoms with E-state index in [9.17, 15) is 4.79 Å². The van der Waals surface area contributed by atoms with Gasteiger partial charge in [0.25, 0.3) is 5.56 Å². The molecule has 0 amide bonds. The van der Waals surface area contributed by atoms with Crippen molar-refractivity contribution in [1.29, 1.82) is 0 Å². The smallest absolute Gasteiger partial charge is 0.253 e. The standard InChI is InChI=1S/C20H32BrN3O2Si/c1-13(2)17-18(16-11-23(5)20(25)15(4)14(16)3)24(22-19(17)21)12-26-9-10-27(6,7)8/h11,13H,9-10,12H2,1-8H3. The molecule has 0 saturated heterocycles. The van der Waals surface area contributed by atoms with Crippen LogP contribution in [0, 0.1) is 13.8 Å². The quantitative estimate of drug-likeness (QED) is 0.434. The van der Waals surface area contributed by atoms with Gasteiger partial charge in [0, 0.05) is 44.6 Å². The number of pyridine rings is 1. The molecule has 0 aromatic carbocycles. The van der Waals surface area contributed by atoms with Crippen molar-refractivity contribution < 1.29 is 4.74 Å². The Bertz CT molecular complexity index is 879. The Kier molecular flexibility index (Phi) is 6.92. The van der Waals surface area contributed by atoms with Gasteiger partial charge in [0.1, 0.15) is 11.3 Å². The van der Waals surface area contributed by atoms with Crippen molar-refractivity contribution in [1.82, 2.24) is 14.3 Å². The molecule has 0 aliphatic rings. The van der Waals surface area contributed by atoms with Gasteiger partial charge in [-0.05, 0) is 47.3 Å². The van der Waals surface area contributed by atoms with Gasteiger partial charge < -0.3 is 9.30 Å². The second-order valence-electron chi connectivity index (χ2n) is 8.76. The Morgan fingerprint density at radius 2 is 1.85 bits per heavy atom. The summed E-state index contributed by atoms with van der Waals surface area (Å²) >= 11 is 3.63. The highest BCUT2D eigenvalue weighted by atomic mass is 79.9. The first-order valence-electron chi connectivity index (χ1n) is 9.45. The number of aryl methyl sites for hydroxylation is 1. The summed E-state index contributed by atoms with van der Waals surface area (Å²) in [5.41, 5.74) is 5.01. The maximum atomic E-state index is 12.3. The van der Waals surface area contributed by atoms with E-state index in [-0.39, 0.29) is 5.56 Å². The molecule has 0 atom stereocenters. The van der Waals surface area contributed by atoms with Gasteiger partial charge in [-0.25, -0.2) is 4.68 Å². The minimum Gasteiger partial charge on any atom is -0.360 e. The first kappa shape index (κ1) is 22.1. The first-order valence-corrected chi connectivity index (χ1v) is 13.9. The van der Waals surface area contributed by atoms with Crippen molar-refractivity contribution in [3.63, 3.8) is 0 Å². The highest BCUT2D eigenvalue weighted by molar-refractivity contribution is 9.10. The molecule has 0 unspecified atom stereocenters. The number of hydrogen-bond acceptors (Lipinski definition) is 3. The molecule has 2 aromatic rings. The zero-order valence-electron chi connectivity index (χ0n) is 17.8. The van der Waals surface area contributed by atoms with Gasteiger partial charge >= 0.3 is 0 Å². The van der Waals surface area contributed by atoms with E-state index in [1.54, 1.807) is 11.6 Å². The van der Waals surface area contributed by atoms with Crippen LogP contribution in [0.2, 0.25) is 25.7 Å². The van der Waals surface area contributed by atoms with Gasteiger partial charge in [-0.1, -0.05) is 33.5 Å². The molecule has 0 radical (unpaired) electrons. The minimum atomic E-state index is -1.13. The van der Waals surface area contributed by atoms with Crippen molar-refractivity contribution in [2.45, 2.75) is 66.0 Å². The van der Waals surface area contributed by atoms with Crippen molar-refractivity contribution in [3.8, 4) is 11.3 Å². The number of rotatable bonds is 7. The van der Waals surface area contributed by atoms with E-state index in [1.165, 1.54) is 0 Å². The van der Waals surface area contributed by atoms with Crippen LogP contribution in [0.4, 0.5) is 0 Å². The molecule has 5 nitrogen and oxygen atoms in total. The molecular formula is C20H32BrN3O2Si. The lowest BCUT2D eigenvalue weighted by Gasteiger charge is -2.18. The molecule has 150 valence electrons. The lowest BCUT2D eigenvalue weighted by molar-refractivity contribution is 0.0795. The number of ether oxygens (including phenoxy) is 1. The lowest BCUT2D eigenvalue weighted by Crippen LogP contribution is -2.22. The molecule has 0 N–H and O–H groups in total. The third-order valence-electron chi connectivity index (χ3n) is 4.92. The fourth-order valence-corrected chi connectivity index (χ4v) is 4.67. The van der Waals surface area contributed by atoms with E-state index in [1.807, 2.05) is 24.7 Å². The summed E-state index contributed by atoms with van der Waals surface area (Å²) in [6, 6.07) is 1.12. The highest BCUT2D eigenvalue weighted by Crippen LogP contribution is 2.36. The molecule has 2 heterocycles. The van der Waals surface area contributed by atoms with Crippen LogP contribution in [0.3, 0.4) is 0 Å². The van der Waals surface area contributed by atoms with Gasteiger partial charge in [-0.15, -0.1) is 0 Å². The summed E-state index contributed by atoms with van der Waals surface area (Å²) in [7, 11) is 0.670. The molecule has 0 aliphatic carbocycles. The first-order chi connectivity index (χ1) is 12.4. The van der Waals surface area contributed by atoms with Crippen LogP contribution in [-0.2, 0) is 18.5 Å². The summed E-state index contributed by atoms with van der Waals surface area (Å²) in [4.78, 5) is 12.3. The molecular weight excluding hydrogens is 422 g/mol. The van der Waals surface area contributed by atoms with Crippen LogP contribution >= 0.6 is 15.9 Å². The van der Waals surface area contributed by atoms with E-state index >= 15 is 0 Å². The normalized spacial score (nSPS) is 12.2. The average Bonchev–Trinajstić information content (AvgIpc) is 2.88. The van der Waals surface area contributed by atoms with Crippen molar-refractivity contribution in [3.05, 3.63) is 37.8 Å². The number of nitrogens with zero attached hydrogens (tertiary/aromatic N) is 3. The zero-order valence-corrected chi connectivity index (χ0v) is 20.4. The van der Waals surface area contributed by atoms with Gasteiger partial charge in [-0.3, -0.25) is 4.79 Å². The van der Waals surface area contributed by atoms with E-state index < -0.39 is 8.07 Å². The van der Waals surface area contributed by atoms with Crippen LogP contribution < -0.4 is 5.56 Å². The van der Waals surface area contributed by atoms with Crippen LogP contribution in [0.25, 0.3) is 11.3 Å². The Labute approximate surface area is 171 Å². The maximum Gasteiger partial charge on any atom is 0.253 e. The van der Waals surface area contributed by atoms with E-state index in [2.05, 4.69) is 49.4 Å². The Morgan fingerprint density at radius 1 is 1.22 bits per heavy atom. The molecule has 2 aromatic heterocycles. The number of hydrogen-bond donors (Lipinski definition) is 0. The van der Waals surface area contributed by atoms with E-state index in [0.717, 1.165) is 45.2 Å². The lowest BCUT2D eigenvalue weighted by atomic mass is 9.96. The molecule has 0 bridgehead atoms. The zero-order chi connectivity index (χ0) is 20.5. The SMILES string of the molecule is Cc1c(-c2c(C(C)C)c(Br)nn2COCC[Si](C)(C)C)cn(C)c(=O)c1C. The van der Waals surface area contributed by atoms with Crippen LogP contribution in [0.15, 0.2) is 15.6 Å². The third-order valence-corrected chi connectivity index (χ3v) is 7.21.